The van der Waals surface area contributed by atoms with Crippen molar-refractivity contribution in [2.75, 3.05) is 0 Å². The summed E-state index contributed by atoms with van der Waals surface area (Å²) in [4.78, 5) is 37.8. The average molecular weight is 740 g/mol. The summed E-state index contributed by atoms with van der Waals surface area (Å²) in [5.74, 6) is -6.84. The standard InChI is InChI=1S/C37H57NO14/c1-4-26-27(41)17-23(39)14-12-15-24(40)19-37(48)20-28(42)30(34(45)46)29(52-37)18-25(51-36-33(44)31(38)32(43)22(3)50-36)16-11-9-7-5-6-8-10-13-21(2)49-35(26)47/h5-11,16,21-22,24-33,36,40-44,48H,4,12-15,17-20,38H2,1-3H3,(H,45,46)/b6-5+,9-7+,10-8+,16-11+/t21-,22-,24+,25?,26+,27-,28+,29+,30-,31+,32-,33-,36+,37-/m1/s1. The number of hydrogen-bond acceptors (Lipinski definition) is 14. The third-order valence-corrected chi connectivity index (χ3v) is 9.66. The molecule has 52 heavy (non-hydrogen) atoms. The number of Topliss-reactive ketones (excluding diaryl/α,β-unsaturated/α-hetero) is 1. The smallest absolute Gasteiger partial charge is 0.311 e. The zero-order chi connectivity index (χ0) is 38.6. The molecule has 0 aromatic carbocycles. The molecular formula is C37H57NO14. The Morgan fingerprint density at radius 3 is 2.33 bits per heavy atom. The predicted octanol–water partition coefficient (Wildman–Crippen LogP) is 0.923. The normalized spacial score (nSPS) is 43.5. The number of ether oxygens (including phenoxy) is 4. The van der Waals surface area contributed by atoms with Crippen LogP contribution in [0.25, 0.3) is 0 Å². The Morgan fingerprint density at radius 2 is 1.65 bits per heavy atom. The fourth-order valence-corrected chi connectivity index (χ4v) is 6.72. The topological polar surface area (TPSA) is 256 Å². The molecule has 9 N–H and O–H groups in total. The Hall–Kier alpha value is -2.83. The van der Waals surface area contributed by atoms with Gasteiger partial charge in [-0.05, 0) is 33.1 Å². The van der Waals surface area contributed by atoms with Gasteiger partial charge in [0.2, 0.25) is 0 Å². The predicted molar refractivity (Wildman–Crippen MR) is 186 cm³/mol. The lowest BCUT2D eigenvalue weighted by molar-refractivity contribution is -0.308. The lowest BCUT2D eigenvalue weighted by Crippen LogP contribution is -2.61. The molecule has 0 aromatic heterocycles. The third kappa shape index (κ3) is 12.9. The van der Waals surface area contributed by atoms with E-state index in [9.17, 15) is 50.1 Å². The summed E-state index contributed by atoms with van der Waals surface area (Å²) in [6.07, 6.45) is 1.33. The van der Waals surface area contributed by atoms with Crippen molar-refractivity contribution in [3.8, 4) is 0 Å². The number of aliphatic hydroxyl groups is 6. The van der Waals surface area contributed by atoms with Crippen molar-refractivity contribution in [2.24, 2.45) is 17.6 Å². The maximum atomic E-state index is 12.8. The van der Waals surface area contributed by atoms with Gasteiger partial charge in [-0.3, -0.25) is 14.4 Å². The van der Waals surface area contributed by atoms with E-state index in [1.807, 2.05) is 0 Å². The van der Waals surface area contributed by atoms with Crippen LogP contribution < -0.4 is 5.73 Å². The number of rotatable bonds is 4. The van der Waals surface area contributed by atoms with E-state index < -0.39 is 110 Å². The first-order chi connectivity index (χ1) is 24.5. The first kappa shape index (κ1) is 43.6. The maximum Gasteiger partial charge on any atom is 0.311 e. The molecule has 15 heteroatoms. The summed E-state index contributed by atoms with van der Waals surface area (Å²) >= 11 is 0. The van der Waals surface area contributed by atoms with E-state index in [1.54, 1.807) is 69.4 Å². The third-order valence-electron chi connectivity index (χ3n) is 9.66. The number of aliphatic hydroxyl groups excluding tert-OH is 5. The van der Waals surface area contributed by atoms with Gasteiger partial charge in [0.15, 0.2) is 12.1 Å². The highest BCUT2D eigenvalue weighted by Gasteiger charge is 2.50. The van der Waals surface area contributed by atoms with Crippen molar-refractivity contribution < 1.29 is 69.1 Å². The Labute approximate surface area is 304 Å². The lowest BCUT2D eigenvalue weighted by atomic mass is 9.83. The number of allylic oxidation sites excluding steroid dienone is 6. The Balaban J connectivity index is 1.88. The van der Waals surface area contributed by atoms with E-state index >= 15 is 0 Å². The van der Waals surface area contributed by atoms with Gasteiger partial charge in [0.25, 0.3) is 0 Å². The highest BCUT2D eigenvalue weighted by molar-refractivity contribution is 5.80. The van der Waals surface area contributed by atoms with Crippen molar-refractivity contribution in [1.82, 2.24) is 0 Å². The number of carbonyl (C=O) groups is 3. The minimum atomic E-state index is -2.15. The van der Waals surface area contributed by atoms with Crippen LogP contribution in [0.5, 0.6) is 0 Å². The monoisotopic (exact) mass is 739 g/mol. The van der Waals surface area contributed by atoms with Crippen LogP contribution in [0, 0.1) is 11.8 Å². The molecule has 3 heterocycles. The lowest BCUT2D eigenvalue weighted by Gasteiger charge is -2.45. The molecule has 0 aliphatic carbocycles. The molecule has 0 saturated carbocycles. The zero-order valence-corrected chi connectivity index (χ0v) is 30.1. The van der Waals surface area contributed by atoms with Gasteiger partial charge in [-0.25, -0.2) is 0 Å². The van der Waals surface area contributed by atoms with Gasteiger partial charge >= 0.3 is 11.9 Å². The van der Waals surface area contributed by atoms with Crippen molar-refractivity contribution in [3.05, 3.63) is 48.6 Å². The zero-order valence-electron chi connectivity index (χ0n) is 30.1. The van der Waals surface area contributed by atoms with Gasteiger partial charge in [0.1, 0.15) is 23.9 Å². The largest absolute Gasteiger partial charge is 0.481 e. The van der Waals surface area contributed by atoms with Gasteiger partial charge < -0.3 is 60.4 Å². The van der Waals surface area contributed by atoms with E-state index in [1.165, 1.54) is 0 Å². The average Bonchev–Trinajstić information content (AvgIpc) is 3.04. The summed E-state index contributed by atoms with van der Waals surface area (Å²) in [5.41, 5.74) is 5.98. The fraction of sp³-hybridized carbons (Fsp3) is 0.703. The van der Waals surface area contributed by atoms with Crippen LogP contribution in [-0.4, -0.2) is 127 Å². The number of esters is 1. The quantitative estimate of drug-likeness (QED) is 0.187. The second kappa shape index (κ2) is 20.6. The summed E-state index contributed by atoms with van der Waals surface area (Å²) < 4.78 is 23.1. The Kier molecular flexibility index (Phi) is 17.2. The first-order valence-corrected chi connectivity index (χ1v) is 18.0. The van der Waals surface area contributed by atoms with Crippen molar-refractivity contribution in [3.63, 3.8) is 0 Å². The number of carboxylic acids is 1. The van der Waals surface area contributed by atoms with E-state index in [0.717, 1.165) is 0 Å². The molecule has 0 amide bonds. The number of carbonyl (C=O) groups excluding carboxylic acids is 2. The van der Waals surface area contributed by atoms with Crippen LogP contribution in [0.2, 0.25) is 0 Å². The van der Waals surface area contributed by atoms with E-state index in [0.29, 0.717) is 6.42 Å². The van der Waals surface area contributed by atoms with Crippen LogP contribution >= 0.6 is 0 Å². The highest BCUT2D eigenvalue weighted by atomic mass is 16.7. The van der Waals surface area contributed by atoms with Gasteiger partial charge in [0, 0.05) is 38.5 Å². The molecule has 3 aliphatic heterocycles. The minimum Gasteiger partial charge on any atom is -0.481 e. The number of aliphatic carboxylic acids is 1. The van der Waals surface area contributed by atoms with Gasteiger partial charge in [0.05, 0.1) is 54.7 Å². The van der Waals surface area contributed by atoms with Crippen LogP contribution in [-0.2, 0) is 33.3 Å². The number of ketones is 1. The van der Waals surface area contributed by atoms with E-state index in [2.05, 4.69) is 0 Å². The van der Waals surface area contributed by atoms with Crippen LogP contribution in [0.3, 0.4) is 0 Å². The molecule has 1 unspecified atom stereocenters. The first-order valence-electron chi connectivity index (χ1n) is 18.0. The molecule has 14 atom stereocenters. The van der Waals surface area contributed by atoms with E-state index in [-0.39, 0.29) is 44.3 Å². The second-order valence-electron chi connectivity index (χ2n) is 14.1. The van der Waals surface area contributed by atoms with Crippen LogP contribution in [0.1, 0.15) is 78.6 Å². The van der Waals surface area contributed by atoms with Gasteiger partial charge in [-0.1, -0.05) is 55.5 Å². The summed E-state index contributed by atoms with van der Waals surface area (Å²) in [5, 5.41) is 74.8. The molecule has 2 bridgehead atoms. The molecule has 2 fully saturated rings. The molecule has 0 spiro atoms. The SMILES string of the molecule is CC[C@@H]1C(=O)O[C@H](C)C/C=C/C=C/C=C/C=C/C(O[C@@H]2O[C@H](C)[C@@H](O)[C@H](N)[C@H]2O)C[C@@H]2O[C@](O)(C[C@@H](O)CCCC(=O)C[C@H]1O)C[C@H](O)[C@H]2C(=O)O. The molecule has 0 radical (unpaired) electrons. The maximum absolute atomic E-state index is 12.8. The number of hydrogen-bond donors (Lipinski definition) is 8. The van der Waals surface area contributed by atoms with Crippen LogP contribution in [0.4, 0.5) is 0 Å². The van der Waals surface area contributed by atoms with Crippen molar-refractivity contribution in [2.45, 2.75) is 152 Å². The Morgan fingerprint density at radius 1 is 0.981 bits per heavy atom. The van der Waals surface area contributed by atoms with E-state index in [4.69, 9.17) is 24.7 Å². The summed E-state index contributed by atoms with van der Waals surface area (Å²) in [6.45, 7) is 5.00. The highest BCUT2D eigenvalue weighted by Crippen LogP contribution is 2.38. The van der Waals surface area contributed by atoms with Crippen molar-refractivity contribution in [1.29, 1.82) is 0 Å². The fourth-order valence-electron chi connectivity index (χ4n) is 6.72. The number of cyclic esters (lactones) is 1. The molecule has 2 saturated heterocycles. The molecule has 294 valence electrons. The number of carboxylic acid groups (broad SMARTS) is 1. The molecule has 3 aliphatic rings. The number of fused-ring (bicyclic) bond motifs is 2. The van der Waals surface area contributed by atoms with Crippen molar-refractivity contribution >= 4 is 17.7 Å². The minimum absolute atomic E-state index is 0.0197. The number of nitrogens with two attached hydrogens (primary N) is 1. The summed E-state index contributed by atoms with van der Waals surface area (Å²) in [7, 11) is 0. The summed E-state index contributed by atoms with van der Waals surface area (Å²) in [6, 6.07) is -1.10. The second-order valence-corrected chi connectivity index (χ2v) is 14.1. The van der Waals surface area contributed by atoms with Gasteiger partial charge in [-0.15, -0.1) is 0 Å². The molecule has 0 aromatic rings. The van der Waals surface area contributed by atoms with Crippen LogP contribution in [0.15, 0.2) is 48.6 Å². The van der Waals surface area contributed by atoms with Gasteiger partial charge in [-0.2, -0.15) is 0 Å². The molecular weight excluding hydrogens is 682 g/mol. The molecule has 15 nitrogen and oxygen atoms in total. The Bertz CT molecular complexity index is 1290. The molecule has 3 rings (SSSR count).